The maximum Gasteiger partial charge on any atom is 2.00 e. The Labute approximate surface area is 555 Å². The molecule has 0 aliphatic heterocycles. The van der Waals surface area contributed by atoms with Gasteiger partial charge in [-0.25, -0.2) is 16.8 Å². The van der Waals surface area contributed by atoms with Gasteiger partial charge in [-0.15, -0.1) is 0 Å². The largest absolute Gasteiger partial charge is 2.00 e. The van der Waals surface area contributed by atoms with Crippen molar-refractivity contribution < 1.29 is 25.9 Å². The monoisotopic (exact) mass is 1240 g/mol. The van der Waals surface area contributed by atoms with Crippen LogP contribution in [0.3, 0.4) is 0 Å². The van der Waals surface area contributed by atoms with Crippen molar-refractivity contribution in [3.05, 3.63) is 82.9 Å². The van der Waals surface area contributed by atoms with E-state index < -0.39 is 20.2 Å². The summed E-state index contributed by atoms with van der Waals surface area (Å²) in [7, 11) is -8.95. The van der Waals surface area contributed by atoms with Crippen LogP contribution < -0.4 is 0 Å². The molecule has 0 saturated carbocycles. The number of hydrogen-bond donors (Lipinski definition) is 0. The van der Waals surface area contributed by atoms with Gasteiger partial charge in [0, 0.05) is 0 Å². The van der Waals surface area contributed by atoms with Crippen LogP contribution in [0.25, 0.3) is 21.5 Å². The molecule has 0 aliphatic carbocycles. The van der Waals surface area contributed by atoms with Crippen molar-refractivity contribution in [2.45, 2.75) is 371 Å². The van der Waals surface area contributed by atoms with Crippen molar-refractivity contribution in [3.8, 4) is 0 Å². The van der Waals surface area contributed by atoms with E-state index in [4.69, 9.17) is 0 Å². The summed E-state index contributed by atoms with van der Waals surface area (Å²) in [5, 5.41) is 4.18. The molecule has 4 aromatic rings. The third-order valence-electron chi connectivity index (χ3n) is 18.0. The Kier molecular flexibility index (Phi) is 48.8. The molecule has 6 nitrogen and oxygen atoms in total. The quantitative estimate of drug-likeness (QED) is 0.0247. The molecule has 0 unspecified atom stereocenters. The van der Waals surface area contributed by atoms with Crippen LogP contribution in [0.1, 0.15) is 358 Å². The minimum atomic E-state index is -4.48. The molecule has 0 saturated heterocycles. The van der Waals surface area contributed by atoms with E-state index >= 15 is 0 Å². The Morgan fingerprint density at radius 1 is 0.259 bits per heavy atom. The Bertz CT molecular complexity index is 2300. The Morgan fingerprint density at radius 3 is 0.647 bits per heavy atom. The van der Waals surface area contributed by atoms with Gasteiger partial charge in [0.05, 0.1) is 9.79 Å². The molecular formula is C76H126CaO6S2. The fourth-order valence-electron chi connectivity index (χ4n) is 12.9. The molecule has 0 atom stereocenters. The number of benzene rings is 4. The van der Waals surface area contributed by atoms with Crippen molar-refractivity contribution in [2.75, 3.05) is 0 Å². The number of unbranched alkanes of at least 4 members (excludes halogenated alkanes) is 44. The topological polar surface area (TPSA) is 114 Å². The van der Waals surface area contributed by atoms with Crippen LogP contribution in [-0.2, 0) is 45.9 Å². The average Bonchev–Trinajstić information content (AvgIpc) is 1.74. The SMILES string of the molecule is CCCCCCCCCCCCCCc1cccc2cc(S(=O)(=O)[O-])cc(CCCCCCCCCCCCCC)c12.CCCCCCCCCCCCCCc1cccc2cc(S(=O)(=O)[O-])cc(CCCCCCCCCCCCCC)c12.[Ca+2]. The second-order valence-corrected chi connectivity index (χ2v) is 28.4. The van der Waals surface area contributed by atoms with Crippen LogP contribution in [0.5, 0.6) is 0 Å². The van der Waals surface area contributed by atoms with Crippen LogP contribution in [0.15, 0.2) is 70.5 Å². The molecule has 9 heteroatoms. The zero-order valence-electron chi connectivity index (χ0n) is 55.5. The van der Waals surface area contributed by atoms with E-state index in [9.17, 15) is 25.9 Å². The van der Waals surface area contributed by atoms with Crippen LogP contribution >= 0.6 is 0 Å². The fourth-order valence-corrected chi connectivity index (χ4v) is 14.0. The zero-order chi connectivity index (χ0) is 60.6. The molecule has 4 rings (SSSR count). The molecule has 0 heterocycles. The molecule has 0 aromatic heterocycles. The molecule has 0 radical (unpaired) electrons. The number of hydrogen-bond acceptors (Lipinski definition) is 6. The van der Waals surface area contributed by atoms with Gasteiger partial charge in [0.1, 0.15) is 20.2 Å². The van der Waals surface area contributed by atoms with Gasteiger partial charge in [-0.05, 0) is 119 Å². The van der Waals surface area contributed by atoms with E-state index in [0.717, 1.165) is 86.1 Å². The van der Waals surface area contributed by atoms with Crippen molar-refractivity contribution in [1.82, 2.24) is 0 Å². The van der Waals surface area contributed by atoms with Crippen molar-refractivity contribution in [1.29, 1.82) is 0 Å². The molecule has 0 N–H and O–H groups in total. The molecule has 0 aliphatic rings. The molecule has 4 aromatic carbocycles. The van der Waals surface area contributed by atoms with Crippen LogP contribution in [0, 0.1) is 0 Å². The molecule has 85 heavy (non-hydrogen) atoms. The Hall–Kier alpha value is -1.52. The molecule has 0 fully saturated rings. The first kappa shape index (κ1) is 79.6. The average molecular weight is 1240 g/mol. The van der Waals surface area contributed by atoms with E-state index in [2.05, 4.69) is 39.8 Å². The van der Waals surface area contributed by atoms with E-state index in [-0.39, 0.29) is 47.5 Å². The number of aryl methyl sites for hydroxylation is 4. The summed E-state index contributed by atoms with van der Waals surface area (Å²) in [6.07, 6.45) is 67.1. The number of fused-ring (bicyclic) bond motifs is 2. The van der Waals surface area contributed by atoms with E-state index in [1.54, 1.807) is 24.3 Å². The van der Waals surface area contributed by atoms with E-state index in [1.165, 1.54) is 292 Å². The minimum absolute atomic E-state index is 0. The maximum atomic E-state index is 11.9. The van der Waals surface area contributed by atoms with Gasteiger partial charge < -0.3 is 9.11 Å². The van der Waals surface area contributed by atoms with Gasteiger partial charge in [0.2, 0.25) is 0 Å². The van der Waals surface area contributed by atoms with Gasteiger partial charge in [-0.1, -0.05) is 347 Å². The number of rotatable bonds is 54. The summed E-state index contributed by atoms with van der Waals surface area (Å²) in [6.45, 7) is 9.09. The van der Waals surface area contributed by atoms with E-state index in [1.807, 2.05) is 24.3 Å². The Balaban J connectivity index is 0.000000573. The van der Waals surface area contributed by atoms with Crippen LogP contribution in [-0.4, -0.2) is 63.7 Å². The van der Waals surface area contributed by atoms with Gasteiger partial charge in [-0.2, -0.15) is 0 Å². The van der Waals surface area contributed by atoms with Gasteiger partial charge in [0.15, 0.2) is 0 Å². The minimum Gasteiger partial charge on any atom is -0.744 e. The summed E-state index contributed by atoms with van der Waals surface area (Å²) in [5.74, 6) is 0. The third kappa shape index (κ3) is 38.1. The summed E-state index contributed by atoms with van der Waals surface area (Å²) in [6, 6.07) is 18.9. The smallest absolute Gasteiger partial charge is 0.744 e. The summed E-state index contributed by atoms with van der Waals surface area (Å²) < 4.78 is 71.6. The normalized spacial score (nSPS) is 11.8. The van der Waals surface area contributed by atoms with Crippen LogP contribution in [0.2, 0.25) is 0 Å². The van der Waals surface area contributed by atoms with Crippen LogP contribution in [0.4, 0.5) is 0 Å². The predicted octanol–water partition coefficient (Wildman–Crippen LogP) is 24.1. The standard InChI is InChI=1S/2C38H64O3S.Ca/c2*1-3-5-7-9-11-13-15-17-19-21-23-25-28-34-30-27-31-36-33-37(42(39,40)41)32-35(38(34)36)29-26-24-22-20-18-16-14-12-10-8-6-4-2;/h2*27,30-33H,3-26,28-29H2,1-2H3,(H,39,40,41);/q;;+2/p-2. The zero-order valence-corrected chi connectivity index (χ0v) is 59.4. The Morgan fingerprint density at radius 2 is 0.447 bits per heavy atom. The first-order chi connectivity index (χ1) is 40.9. The fraction of sp³-hybridized carbons (Fsp3) is 0.737. The van der Waals surface area contributed by atoms with Crippen molar-refractivity contribution >= 4 is 79.5 Å². The molecule has 480 valence electrons. The third-order valence-corrected chi connectivity index (χ3v) is 19.6. The maximum absolute atomic E-state index is 11.9. The second-order valence-electron chi connectivity index (χ2n) is 25.7. The predicted molar refractivity (Wildman–Crippen MR) is 369 cm³/mol. The summed E-state index contributed by atoms with van der Waals surface area (Å²) in [4.78, 5) is -0.155. The summed E-state index contributed by atoms with van der Waals surface area (Å²) >= 11 is 0. The summed E-state index contributed by atoms with van der Waals surface area (Å²) in [5.41, 5.74) is 4.71. The second kappa shape index (κ2) is 52.1. The van der Waals surface area contributed by atoms with Gasteiger partial charge in [-0.3, -0.25) is 0 Å². The van der Waals surface area contributed by atoms with Crippen molar-refractivity contribution in [3.63, 3.8) is 0 Å². The van der Waals surface area contributed by atoms with Crippen molar-refractivity contribution in [2.24, 2.45) is 0 Å². The first-order valence-electron chi connectivity index (χ1n) is 35.9. The molecule has 0 bridgehead atoms. The molecule has 0 spiro atoms. The van der Waals surface area contributed by atoms with Gasteiger partial charge >= 0.3 is 37.7 Å². The molecular weight excluding hydrogens is 1110 g/mol. The molecule has 0 amide bonds. The van der Waals surface area contributed by atoms with E-state index in [0.29, 0.717) is 0 Å². The van der Waals surface area contributed by atoms with Gasteiger partial charge in [0.25, 0.3) is 0 Å². The first-order valence-corrected chi connectivity index (χ1v) is 38.8.